The molecule has 1 aliphatic heterocycles. The van der Waals surface area contributed by atoms with Crippen LogP contribution in [0, 0.1) is 0 Å². The summed E-state index contributed by atoms with van der Waals surface area (Å²) < 4.78 is 0. The van der Waals surface area contributed by atoms with Gasteiger partial charge in [-0.2, -0.15) is 0 Å². The Kier molecular flexibility index (Phi) is 3.69. The molecule has 0 saturated carbocycles. The first-order valence-electron chi connectivity index (χ1n) is 7.12. The largest absolute Gasteiger partial charge is 0.481 e. The standard InChI is InChI=1S/C15H19N3O2/c19-15(20)9-11-5-3-4-8-18(11)10-14-16-12-6-1-2-7-13(12)17-14/h1-2,6-7,11H,3-5,8-10H2,(H,16,17)(H,19,20)/t11-/m1/s1. The Balaban J connectivity index is 1.75. The van der Waals surface area contributed by atoms with E-state index >= 15 is 0 Å². The number of aromatic amines is 1. The Morgan fingerprint density at radius 3 is 3.05 bits per heavy atom. The van der Waals surface area contributed by atoms with Crippen molar-refractivity contribution >= 4 is 17.0 Å². The van der Waals surface area contributed by atoms with Gasteiger partial charge < -0.3 is 10.1 Å². The molecule has 1 fully saturated rings. The maximum Gasteiger partial charge on any atom is 0.304 e. The van der Waals surface area contributed by atoms with E-state index in [2.05, 4.69) is 14.9 Å². The molecule has 5 heteroatoms. The predicted octanol–water partition coefficient (Wildman–Crippen LogP) is 2.39. The molecule has 106 valence electrons. The molecule has 1 atom stereocenters. The van der Waals surface area contributed by atoms with Gasteiger partial charge in [0.05, 0.1) is 24.0 Å². The Morgan fingerprint density at radius 2 is 2.25 bits per heavy atom. The number of aliphatic carboxylic acids is 1. The smallest absolute Gasteiger partial charge is 0.304 e. The third-order valence-electron chi connectivity index (χ3n) is 3.95. The highest BCUT2D eigenvalue weighted by Crippen LogP contribution is 2.22. The molecule has 2 heterocycles. The van der Waals surface area contributed by atoms with E-state index in [1.165, 1.54) is 0 Å². The number of para-hydroxylation sites is 2. The number of hydrogen-bond acceptors (Lipinski definition) is 3. The van der Waals surface area contributed by atoms with Gasteiger partial charge in [-0.1, -0.05) is 18.6 Å². The predicted molar refractivity (Wildman–Crippen MR) is 76.4 cm³/mol. The molecule has 3 rings (SSSR count). The molecule has 1 aliphatic rings. The number of imidazole rings is 1. The number of H-pyrrole nitrogens is 1. The molecule has 0 spiro atoms. The normalized spacial score (nSPS) is 20.3. The lowest BCUT2D eigenvalue weighted by molar-refractivity contribution is -0.138. The summed E-state index contributed by atoms with van der Waals surface area (Å²) in [5, 5.41) is 9.01. The van der Waals surface area contributed by atoms with Gasteiger partial charge in [0.15, 0.2) is 0 Å². The number of likely N-dealkylation sites (tertiary alicyclic amines) is 1. The number of aromatic nitrogens is 2. The Labute approximate surface area is 117 Å². The van der Waals surface area contributed by atoms with Gasteiger partial charge in [0.1, 0.15) is 5.82 Å². The number of nitrogens with one attached hydrogen (secondary N) is 1. The lowest BCUT2D eigenvalue weighted by Crippen LogP contribution is -2.40. The van der Waals surface area contributed by atoms with Crippen LogP contribution in [0.2, 0.25) is 0 Å². The summed E-state index contributed by atoms with van der Waals surface area (Å²) in [4.78, 5) is 21.1. The van der Waals surface area contributed by atoms with Crippen molar-refractivity contribution in [2.75, 3.05) is 6.54 Å². The molecular formula is C15H19N3O2. The van der Waals surface area contributed by atoms with Gasteiger partial charge in [-0.05, 0) is 31.5 Å². The highest BCUT2D eigenvalue weighted by Gasteiger charge is 2.25. The highest BCUT2D eigenvalue weighted by molar-refractivity contribution is 5.74. The monoisotopic (exact) mass is 273 g/mol. The van der Waals surface area contributed by atoms with Gasteiger partial charge in [-0.15, -0.1) is 0 Å². The SMILES string of the molecule is O=C(O)C[C@H]1CCCCN1Cc1nc2ccccc2[nH]1. The summed E-state index contributed by atoms with van der Waals surface area (Å²) in [6.07, 6.45) is 3.44. The van der Waals surface area contributed by atoms with Crippen molar-refractivity contribution in [3.05, 3.63) is 30.1 Å². The van der Waals surface area contributed by atoms with Crippen molar-refractivity contribution < 1.29 is 9.90 Å². The molecule has 0 radical (unpaired) electrons. The highest BCUT2D eigenvalue weighted by atomic mass is 16.4. The Morgan fingerprint density at radius 1 is 1.40 bits per heavy atom. The lowest BCUT2D eigenvalue weighted by Gasteiger charge is -2.34. The first kappa shape index (κ1) is 13.1. The molecule has 0 aliphatic carbocycles. The molecule has 0 bridgehead atoms. The van der Waals surface area contributed by atoms with Crippen molar-refractivity contribution in [3.8, 4) is 0 Å². The molecule has 1 aromatic carbocycles. The van der Waals surface area contributed by atoms with Crippen LogP contribution in [0.25, 0.3) is 11.0 Å². The van der Waals surface area contributed by atoms with E-state index in [4.69, 9.17) is 5.11 Å². The number of carboxylic acids is 1. The maximum atomic E-state index is 11.0. The van der Waals surface area contributed by atoms with Crippen molar-refractivity contribution in [2.45, 2.75) is 38.3 Å². The quantitative estimate of drug-likeness (QED) is 0.897. The van der Waals surface area contributed by atoms with Gasteiger partial charge in [0, 0.05) is 6.04 Å². The summed E-state index contributed by atoms with van der Waals surface area (Å²) in [5.74, 6) is 0.204. The third-order valence-corrected chi connectivity index (χ3v) is 3.95. The van der Waals surface area contributed by atoms with Crippen LogP contribution < -0.4 is 0 Å². The minimum atomic E-state index is -0.716. The summed E-state index contributed by atoms with van der Waals surface area (Å²) in [6.45, 7) is 1.65. The van der Waals surface area contributed by atoms with Crippen molar-refractivity contribution in [1.82, 2.24) is 14.9 Å². The summed E-state index contributed by atoms with van der Waals surface area (Å²) in [6, 6.07) is 8.09. The van der Waals surface area contributed by atoms with Gasteiger partial charge in [-0.25, -0.2) is 4.98 Å². The lowest BCUT2D eigenvalue weighted by atomic mass is 9.99. The number of carboxylic acid groups (broad SMARTS) is 1. The Hall–Kier alpha value is -1.88. The van der Waals surface area contributed by atoms with E-state index in [0.717, 1.165) is 42.7 Å². The number of benzene rings is 1. The molecule has 1 aromatic heterocycles. The van der Waals surface area contributed by atoms with Gasteiger partial charge >= 0.3 is 5.97 Å². The molecular weight excluding hydrogens is 254 g/mol. The van der Waals surface area contributed by atoms with E-state index in [-0.39, 0.29) is 12.5 Å². The zero-order valence-electron chi connectivity index (χ0n) is 11.4. The molecule has 5 nitrogen and oxygen atoms in total. The van der Waals surface area contributed by atoms with Crippen LogP contribution in [0.1, 0.15) is 31.5 Å². The minimum Gasteiger partial charge on any atom is -0.481 e. The summed E-state index contributed by atoms with van der Waals surface area (Å²) in [7, 11) is 0. The number of piperidine rings is 1. The third kappa shape index (κ3) is 2.82. The fraction of sp³-hybridized carbons (Fsp3) is 0.467. The minimum absolute atomic E-state index is 0.134. The van der Waals surface area contributed by atoms with Crippen molar-refractivity contribution in [3.63, 3.8) is 0 Å². The average molecular weight is 273 g/mol. The van der Waals surface area contributed by atoms with Crippen LogP contribution in [0.3, 0.4) is 0 Å². The first-order valence-corrected chi connectivity index (χ1v) is 7.12. The van der Waals surface area contributed by atoms with Crippen molar-refractivity contribution in [2.24, 2.45) is 0 Å². The van der Waals surface area contributed by atoms with Gasteiger partial charge in [0.2, 0.25) is 0 Å². The van der Waals surface area contributed by atoms with E-state index in [0.29, 0.717) is 6.54 Å². The van der Waals surface area contributed by atoms with E-state index < -0.39 is 5.97 Å². The first-order chi connectivity index (χ1) is 9.72. The van der Waals surface area contributed by atoms with E-state index in [1.807, 2.05) is 24.3 Å². The zero-order chi connectivity index (χ0) is 13.9. The van der Waals surface area contributed by atoms with Crippen LogP contribution in [-0.4, -0.2) is 38.5 Å². The number of rotatable bonds is 4. The van der Waals surface area contributed by atoms with Crippen LogP contribution in [0.4, 0.5) is 0 Å². The average Bonchev–Trinajstić information content (AvgIpc) is 2.82. The fourth-order valence-electron chi connectivity index (χ4n) is 2.97. The molecule has 2 N–H and O–H groups in total. The van der Waals surface area contributed by atoms with E-state index in [9.17, 15) is 4.79 Å². The fourth-order valence-corrected chi connectivity index (χ4v) is 2.97. The second-order valence-electron chi connectivity index (χ2n) is 5.42. The second-order valence-corrected chi connectivity index (χ2v) is 5.42. The second kappa shape index (κ2) is 5.63. The number of nitrogens with zero attached hydrogens (tertiary/aromatic N) is 2. The van der Waals surface area contributed by atoms with Gasteiger partial charge in [0.25, 0.3) is 0 Å². The summed E-state index contributed by atoms with van der Waals surface area (Å²) >= 11 is 0. The number of fused-ring (bicyclic) bond motifs is 1. The molecule has 1 saturated heterocycles. The number of carbonyl (C=O) groups is 1. The van der Waals surface area contributed by atoms with Crippen molar-refractivity contribution in [1.29, 1.82) is 0 Å². The van der Waals surface area contributed by atoms with Crippen LogP contribution >= 0.6 is 0 Å². The molecule has 0 unspecified atom stereocenters. The van der Waals surface area contributed by atoms with E-state index in [1.54, 1.807) is 0 Å². The van der Waals surface area contributed by atoms with Crippen LogP contribution in [-0.2, 0) is 11.3 Å². The molecule has 0 amide bonds. The summed E-state index contributed by atoms with van der Waals surface area (Å²) in [5.41, 5.74) is 2.00. The topological polar surface area (TPSA) is 69.2 Å². The van der Waals surface area contributed by atoms with Crippen LogP contribution in [0.5, 0.6) is 0 Å². The van der Waals surface area contributed by atoms with Crippen LogP contribution in [0.15, 0.2) is 24.3 Å². The molecule has 20 heavy (non-hydrogen) atoms. The van der Waals surface area contributed by atoms with Gasteiger partial charge in [-0.3, -0.25) is 9.69 Å². The Bertz CT molecular complexity index is 575. The molecule has 2 aromatic rings. The zero-order valence-corrected chi connectivity index (χ0v) is 11.4. The number of hydrogen-bond donors (Lipinski definition) is 2. The maximum absolute atomic E-state index is 11.0.